The van der Waals surface area contributed by atoms with Crippen molar-refractivity contribution in [3.63, 3.8) is 0 Å². The summed E-state index contributed by atoms with van der Waals surface area (Å²) in [5.41, 5.74) is 1.25. The minimum Gasteiger partial charge on any atom is -0.494 e. The molecule has 2 aromatic carbocycles. The SMILES string of the molecule is CCCCCCOc1ccc(NC(=O)c2ccc3c(c2)OCO3)cc1. The topological polar surface area (TPSA) is 56.8 Å². The van der Waals surface area contributed by atoms with E-state index >= 15 is 0 Å². The molecule has 0 aliphatic carbocycles. The van der Waals surface area contributed by atoms with Crippen LogP contribution in [0.25, 0.3) is 0 Å². The molecule has 0 aromatic heterocycles. The number of benzene rings is 2. The van der Waals surface area contributed by atoms with Gasteiger partial charge in [0.25, 0.3) is 5.91 Å². The van der Waals surface area contributed by atoms with Crippen molar-refractivity contribution in [2.75, 3.05) is 18.7 Å². The Bertz CT molecular complexity index is 712. The summed E-state index contributed by atoms with van der Waals surface area (Å²) in [5, 5.41) is 2.87. The van der Waals surface area contributed by atoms with Gasteiger partial charge >= 0.3 is 0 Å². The number of fused-ring (bicyclic) bond motifs is 1. The molecule has 5 nitrogen and oxygen atoms in total. The Labute approximate surface area is 147 Å². The highest BCUT2D eigenvalue weighted by Crippen LogP contribution is 2.32. The molecule has 0 spiro atoms. The van der Waals surface area contributed by atoms with Crippen molar-refractivity contribution in [2.24, 2.45) is 0 Å². The summed E-state index contributed by atoms with van der Waals surface area (Å²) in [4.78, 5) is 12.3. The molecule has 1 heterocycles. The van der Waals surface area contributed by atoms with Crippen molar-refractivity contribution >= 4 is 11.6 Å². The van der Waals surface area contributed by atoms with Gasteiger partial charge in [0.2, 0.25) is 6.79 Å². The number of ether oxygens (including phenoxy) is 3. The van der Waals surface area contributed by atoms with Crippen LogP contribution in [0, 0.1) is 0 Å². The first-order chi connectivity index (χ1) is 12.3. The maximum Gasteiger partial charge on any atom is 0.255 e. The molecule has 0 atom stereocenters. The average Bonchev–Trinajstić information content (AvgIpc) is 3.10. The lowest BCUT2D eigenvalue weighted by atomic mass is 10.2. The fourth-order valence-corrected chi connectivity index (χ4v) is 2.59. The third-order valence-corrected chi connectivity index (χ3v) is 4.01. The Morgan fingerprint density at radius 3 is 2.64 bits per heavy atom. The molecule has 0 saturated carbocycles. The van der Waals surface area contributed by atoms with Crippen LogP contribution in [-0.2, 0) is 0 Å². The van der Waals surface area contributed by atoms with E-state index in [9.17, 15) is 4.79 Å². The number of rotatable bonds is 8. The molecule has 25 heavy (non-hydrogen) atoms. The monoisotopic (exact) mass is 341 g/mol. The number of unbranched alkanes of at least 4 members (excludes halogenated alkanes) is 3. The van der Waals surface area contributed by atoms with Crippen molar-refractivity contribution in [3.05, 3.63) is 48.0 Å². The maximum atomic E-state index is 12.3. The molecule has 0 radical (unpaired) electrons. The van der Waals surface area contributed by atoms with Gasteiger partial charge in [-0.3, -0.25) is 4.79 Å². The molecular formula is C20H23NO4. The van der Waals surface area contributed by atoms with Crippen molar-refractivity contribution < 1.29 is 19.0 Å². The van der Waals surface area contributed by atoms with Gasteiger partial charge in [0.15, 0.2) is 11.5 Å². The van der Waals surface area contributed by atoms with Gasteiger partial charge in [-0.2, -0.15) is 0 Å². The molecule has 3 rings (SSSR count). The highest BCUT2D eigenvalue weighted by molar-refractivity contribution is 6.04. The number of hydrogen-bond donors (Lipinski definition) is 1. The summed E-state index contributed by atoms with van der Waals surface area (Å²) in [6.07, 6.45) is 4.72. The Kier molecular flexibility index (Phi) is 5.77. The molecule has 0 bridgehead atoms. The number of amides is 1. The Balaban J connectivity index is 1.51. The lowest BCUT2D eigenvalue weighted by Gasteiger charge is -2.09. The smallest absolute Gasteiger partial charge is 0.255 e. The van der Waals surface area contributed by atoms with Gasteiger partial charge < -0.3 is 19.5 Å². The summed E-state index contributed by atoms with van der Waals surface area (Å²) in [7, 11) is 0. The van der Waals surface area contributed by atoms with Crippen LogP contribution in [-0.4, -0.2) is 19.3 Å². The fourth-order valence-electron chi connectivity index (χ4n) is 2.59. The normalized spacial score (nSPS) is 12.0. The predicted molar refractivity (Wildman–Crippen MR) is 96.6 cm³/mol. The number of nitrogens with one attached hydrogen (secondary N) is 1. The first kappa shape index (κ1) is 17.1. The third-order valence-electron chi connectivity index (χ3n) is 4.01. The molecule has 0 fully saturated rings. The summed E-state index contributed by atoms with van der Waals surface area (Å²) in [5.74, 6) is 1.89. The second-order valence-corrected chi connectivity index (χ2v) is 5.96. The van der Waals surface area contributed by atoms with Gasteiger partial charge in [0.1, 0.15) is 5.75 Å². The fraction of sp³-hybridized carbons (Fsp3) is 0.350. The van der Waals surface area contributed by atoms with Gasteiger partial charge in [0.05, 0.1) is 6.61 Å². The van der Waals surface area contributed by atoms with E-state index in [1.165, 1.54) is 19.3 Å². The van der Waals surface area contributed by atoms with Gasteiger partial charge in [0, 0.05) is 11.3 Å². The first-order valence-electron chi connectivity index (χ1n) is 8.70. The van der Waals surface area contributed by atoms with Gasteiger partial charge in [-0.05, 0) is 48.9 Å². The highest BCUT2D eigenvalue weighted by atomic mass is 16.7. The highest BCUT2D eigenvalue weighted by Gasteiger charge is 2.16. The maximum absolute atomic E-state index is 12.3. The summed E-state index contributed by atoms with van der Waals surface area (Å²) >= 11 is 0. The Morgan fingerprint density at radius 2 is 1.84 bits per heavy atom. The lowest BCUT2D eigenvalue weighted by molar-refractivity contribution is 0.102. The summed E-state index contributed by atoms with van der Waals surface area (Å²) in [6, 6.07) is 12.6. The molecule has 1 aliphatic heterocycles. The minimum atomic E-state index is -0.188. The number of anilines is 1. The Hall–Kier alpha value is -2.69. The second-order valence-electron chi connectivity index (χ2n) is 5.96. The molecule has 2 aromatic rings. The minimum absolute atomic E-state index is 0.188. The molecule has 132 valence electrons. The van der Waals surface area contributed by atoms with E-state index in [1.807, 2.05) is 24.3 Å². The molecule has 1 amide bonds. The molecular weight excluding hydrogens is 318 g/mol. The van der Waals surface area contributed by atoms with Crippen LogP contribution in [0.2, 0.25) is 0 Å². The second kappa shape index (κ2) is 8.42. The quantitative estimate of drug-likeness (QED) is 0.712. The molecule has 1 N–H and O–H groups in total. The lowest BCUT2D eigenvalue weighted by Crippen LogP contribution is -2.11. The van der Waals surface area contributed by atoms with Crippen LogP contribution in [0.3, 0.4) is 0 Å². The average molecular weight is 341 g/mol. The molecule has 0 saturated heterocycles. The third kappa shape index (κ3) is 4.66. The number of carbonyl (C=O) groups excluding carboxylic acids is 1. The summed E-state index contributed by atoms with van der Waals surface area (Å²) < 4.78 is 16.3. The largest absolute Gasteiger partial charge is 0.494 e. The zero-order valence-electron chi connectivity index (χ0n) is 14.4. The molecule has 1 aliphatic rings. The van der Waals surface area contributed by atoms with E-state index in [0.717, 1.165) is 24.5 Å². The van der Waals surface area contributed by atoms with Crippen LogP contribution in [0.15, 0.2) is 42.5 Å². The van der Waals surface area contributed by atoms with Crippen LogP contribution < -0.4 is 19.5 Å². The van der Waals surface area contributed by atoms with E-state index in [-0.39, 0.29) is 12.7 Å². The van der Waals surface area contributed by atoms with E-state index in [1.54, 1.807) is 18.2 Å². The van der Waals surface area contributed by atoms with Gasteiger partial charge in [-0.25, -0.2) is 0 Å². The zero-order chi connectivity index (χ0) is 17.5. The molecule has 5 heteroatoms. The van der Waals surface area contributed by atoms with E-state index in [0.29, 0.717) is 17.1 Å². The van der Waals surface area contributed by atoms with Crippen molar-refractivity contribution in [3.8, 4) is 17.2 Å². The summed E-state index contributed by atoms with van der Waals surface area (Å²) in [6.45, 7) is 3.11. The van der Waals surface area contributed by atoms with Crippen molar-refractivity contribution in [1.82, 2.24) is 0 Å². The Morgan fingerprint density at radius 1 is 1.04 bits per heavy atom. The van der Waals surface area contributed by atoms with Crippen LogP contribution in [0.5, 0.6) is 17.2 Å². The van der Waals surface area contributed by atoms with Crippen molar-refractivity contribution in [2.45, 2.75) is 32.6 Å². The first-order valence-corrected chi connectivity index (χ1v) is 8.70. The zero-order valence-corrected chi connectivity index (χ0v) is 14.4. The number of hydrogen-bond acceptors (Lipinski definition) is 4. The van der Waals surface area contributed by atoms with Crippen molar-refractivity contribution in [1.29, 1.82) is 0 Å². The van der Waals surface area contributed by atoms with Crippen LogP contribution >= 0.6 is 0 Å². The van der Waals surface area contributed by atoms with E-state index < -0.39 is 0 Å². The van der Waals surface area contributed by atoms with Crippen LogP contribution in [0.4, 0.5) is 5.69 Å². The predicted octanol–water partition coefficient (Wildman–Crippen LogP) is 4.63. The molecule has 0 unspecified atom stereocenters. The standard InChI is InChI=1S/C20H23NO4/c1-2-3-4-5-12-23-17-9-7-16(8-10-17)21-20(22)15-6-11-18-19(13-15)25-14-24-18/h6-11,13H,2-5,12,14H2,1H3,(H,21,22). The van der Waals surface area contributed by atoms with E-state index in [4.69, 9.17) is 14.2 Å². The van der Waals surface area contributed by atoms with Crippen LogP contribution in [0.1, 0.15) is 43.0 Å². The number of carbonyl (C=O) groups is 1. The van der Waals surface area contributed by atoms with Gasteiger partial charge in [-0.1, -0.05) is 26.2 Å². The van der Waals surface area contributed by atoms with Gasteiger partial charge in [-0.15, -0.1) is 0 Å². The van der Waals surface area contributed by atoms with E-state index in [2.05, 4.69) is 12.2 Å².